The Kier molecular flexibility index (Phi) is 3.81. The predicted molar refractivity (Wildman–Crippen MR) is 63.6 cm³/mol. The van der Waals surface area contributed by atoms with E-state index in [1.807, 2.05) is 0 Å². The maximum Gasteiger partial charge on any atom is 0.260 e. The number of amides is 1. The molecule has 1 saturated carbocycles. The van der Waals surface area contributed by atoms with Gasteiger partial charge in [0, 0.05) is 13.1 Å². The van der Waals surface area contributed by atoms with Crippen LogP contribution in [0.25, 0.3) is 0 Å². The quantitative estimate of drug-likeness (QED) is 0.861. The van der Waals surface area contributed by atoms with Crippen molar-refractivity contribution in [3.63, 3.8) is 0 Å². The van der Waals surface area contributed by atoms with Gasteiger partial charge in [0.25, 0.3) is 5.91 Å². The van der Waals surface area contributed by atoms with E-state index in [9.17, 15) is 9.18 Å². The molecular formula is C13H16FNO3. The lowest BCUT2D eigenvalue weighted by Gasteiger charge is -2.16. The highest BCUT2D eigenvalue weighted by Crippen LogP contribution is 2.25. The zero-order valence-corrected chi connectivity index (χ0v) is 10.2. The van der Waals surface area contributed by atoms with Crippen LogP contribution in [-0.2, 0) is 11.4 Å². The van der Waals surface area contributed by atoms with Gasteiger partial charge in [-0.25, -0.2) is 4.39 Å². The van der Waals surface area contributed by atoms with Crippen LogP contribution in [0.1, 0.15) is 18.4 Å². The van der Waals surface area contributed by atoms with Crippen molar-refractivity contribution >= 4 is 5.91 Å². The number of halogens is 1. The van der Waals surface area contributed by atoms with E-state index < -0.39 is 5.82 Å². The van der Waals surface area contributed by atoms with Crippen molar-refractivity contribution < 1.29 is 19.0 Å². The SMILES string of the molecule is CN(C(=O)COc1ccc(CO)cc1F)C1CC1. The lowest BCUT2D eigenvalue weighted by molar-refractivity contribution is -0.132. The number of aliphatic hydroxyl groups excluding tert-OH is 1. The summed E-state index contributed by atoms with van der Waals surface area (Å²) in [5, 5.41) is 8.84. The minimum Gasteiger partial charge on any atom is -0.481 e. The van der Waals surface area contributed by atoms with Gasteiger partial charge in [0.05, 0.1) is 6.61 Å². The molecule has 1 aromatic rings. The molecule has 1 aromatic carbocycles. The van der Waals surface area contributed by atoms with E-state index in [0.29, 0.717) is 11.6 Å². The van der Waals surface area contributed by atoms with E-state index in [1.165, 1.54) is 12.1 Å². The van der Waals surface area contributed by atoms with E-state index >= 15 is 0 Å². The van der Waals surface area contributed by atoms with Crippen LogP contribution in [0.4, 0.5) is 4.39 Å². The average molecular weight is 253 g/mol. The topological polar surface area (TPSA) is 49.8 Å². The summed E-state index contributed by atoms with van der Waals surface area (Å²) in [5.41, 5.74) is 0.473. The van der Waals surface area contributed by atoms with Gasteiger partial charge in [-0.15, -0.1) is 0 Å². The Bertz CT molecular complexity index is 446. The second kappa shape index (κ2) is 5.35. The molecule has 0 bridgehead atoms. The Labute approximate surface area is 105 Å². The average Bonchev–Trinajstić information content (AvgIpc) is 3.20. The number of nitrogens with zero attached hydrogens (tertiary/aromatic N) is 1. The zero-order chi connectivity index (χ0) is 13.1. The number of hydrogen-bond acceptors (Lipinski definition) is 3. The van der Waals surface area contributed by atoms with Crippen molar-refractivity contribution in [2.24, 2.45) is 0 Å². The summed E-state index contributed by atoms with van der Waals surface area (Å²) < 4.78 is 18.6. The maximum absolute atomic E-state index is 13.5. The van der Waals surface area contributed by atoms with Crippen LogP contribution in [-0.4, -0.2) is 35.6 Å². The van der Waals surface area contributed by atoms with Crippen LogP contribution in [0.2, 0.25) is 0 Å². The number of hydrogen-bond donors (Lipinski definition) is 1. The van der Waals surface area contributed by atoms with Gasteiger partial charge in [-0.05, 0) is 30.5 Å². The summed E-state index contributed by atoms with van der Waals surface area (Å²) in [5.74, 6) is -0.684. The van der Waals surface area contributed by atoms with Gasteiger partial charge in [-0.1, -0.05) is 6.07 Å². The summed E-state index contributed by atoms with van der Waals surface area (Å²) in [6.45, 7) is -0.386. The number of carbonyl (C=O) groups excluding carboxylic acids is 1. The molecule has 1 N–H and O–H groups in total. The van der Waals surface area contributed by atoms with Gasteiger partial charge in [0.15, 0.2) is 18.2 Å². The fourth-order valence-corrected chi connectivity index (χ4v) is 1.67. The molecule has 1 aliphatic carbocycles. The standard InChI is InChI=1S/C13H16FNO3/c1-15(10-3-4-10)13(17)8-18-12-5-2-9(7-16)6-11(12)14/h2,5-6,10,16H,3-4,7-8H2,1H3. The second-order valence-electron chi connectivity index (χ2n) is 4.45. The van der Waals surface area contributed by atoms with Crippen LogP contribution in [0.15, 0.2) is 18.2 Å². The van der Waals surface area contributed by atoms with E-state index in [0.717, 1.165) is 12.8 Å². The number of rotatable bonds is 5. The summed E-state index contributed by atoms with van der Waals surface area (Å²) in [4.78, 5) is 13.3. The molecule has 0 spiro atoms. The number of ether oxygens (including phenoxy) is 1. The van der Waals surface area contributed by atoms with Crippen LogP contribution in [0.5, 0.6) is 5.75 Å². The van der Waals surface area contributed by atoms with Gasteiger partial charge >= 0.3 is 0 Å². The third-order valence-corrected chi connectivity index (χ3v) is 3.02. The summed E-state index contributed by atoms with van der Waals surface area (Å²) in [6, 6.07) is 4.51. The van der Waals surface area contributed by atoms with Gasteiger partial charge in [-0.3, -0.25) is 4.79 Å². The predicted octanol–water partition coefficient (Wildman–Crippen LogP) is 1.32. The first-order valence-electron chi connectivity index (χ1n) is 5.89. The molecule has 1 aliphatic rings. The molecule has 18 heavy (non-hydrogen) atoms. The fraction of sp³-hybridized carbons (Fsp3) is 0.462. The molecule has 0 heterocycles. The molecule has 0 saturated heterocycles. The first-order valence-corrected chi connectivity index (χ1v) is 5.89. The number of likely N-dealkylation sites (N-methyl/N-ethyl adjacent to an activating group) is 1. The molecule has 4 nitrogen and oxygen atoms in total. The first-order chi connectivity index (χ1) is 8.61. The lowest BCUT2D eigenvalue weighted by Crippen LogP contribution is -2.33. The Morgan fingerprint density at radius 1 is 1.56 bits per heavy atom. The molecule has 1 fully saturated rings. The van der Waals surface area contributed by atoms with Crippen molar-refractivity contribution in [1.29, 1.82) is 0 Å². The highest BCUT2D eigenvalue weighted by molar-refractivity contribution is 5.78. The molecule has 98 valence electrons. The normalized spacial score (nSPS) is 14.4. The molecule has 0 aliphatic heterocycles. The van der Waals surface area contributed by atoms with E-state index in [1.54, 1.807) is 18.0 Å². The van der Waals surface area contributed by atoms with Gasteiger partial charge in [0.2, 0.25) is 0 Å². The largest absolute Gasteiger partial charge is 0.481 e. The van der Waals surface area contributed by atoms with Gasteiger partial charge in [0.1, 0.15) is 0 Å². The van der Waals surface area contributed by atoms with E-state index in [4.69, 9.17) is 9.84 Å². The second-order valence-corrected chi connectivity index (χ2v) is 4.45. The monoisotopic (exact) mass is 253 g/mol. The lowest BCUT2D eigenvalue weighted by atomic mass is 10.2. The van der Waals surface area contributed by atoms with Crippen LogP contribution in [0.3, 0.4) is 0 Å². The zero-order valence-electron chi connectivity index (χ0n) is 10.2. The fourth-order valence-electron chi connectivity index (χ4n) is 1.67. The van der Waals surface area contributed by atoms with Crippen molar-refractivity contribution in [1.82, 2.24) is 4.90 Å². The summed E-state index contributed by atoms with van der Waals surface area (Å²) in [6.07, 6.45) is 2.06. The minimum atomic E-state index is -0.566. The highest BCUT2D eigenvalue weighted by atomic mass is 19.1. The first kappa shape index (κ1) is 12.8. The van der Waals surface area contributed by atoms with Crippen molar-refractivity contribution in [3.05, 3.63) is 29.6 Å². The maximum atomic E-state index is 13.5. The molecule has 0 aromatic heterocycles. The molecule has 5 heteroatoms. The van der Waals surface area contributed by atoms with E-state index in [2.05, 4.69) is 0 Å². The Hall–Kier alpha value is -1.62. The number of aliphatic hydroxyl groups is 1. The molecule has 2 rings (SSSR count). The third kappa shape index (κ3) is 2.98. The minimum absolute atomic E-state index is 0.0322. The summed E-state index contributed by atoms with van der Waals surface area (Å²) in [7, 11) is 1.73. The number of benzene rings is 1. The number of carbonyl (C=O) groups is 1. The Morgan fingerprint density at radius 3 is 2.83 bits per heavy atom. The highest BCUT2D eigenvalue weighted by Gasteiger charge is 2.29. The summed E-state index contributed by atoms with van der Waals surface area (Å²) >= 11 is 0. The Morgan fingerprint density at radius 2 is 2.28 bits per heavy atom. The third-order valence-electron chi connectivity index (χ3n) is 3.02. The molecule has 0 radical (unpaired) electrons. The van der Waals surface area contributed by atoms with Gasteiger partial charge < -0.3 is 14.7 Å². The van der Waals surface area contributed by atoms with Crippen LogP contribution < -0.4 is 4.74 Å². The Balaban J connectivity index is 1.91. The van der Waals surface area contributed by atoms with Crippen molar-refractivity contribution in [2.75, 3.05) is 13.7 Å². The smallest absolute Gasteiger partial charge is 0.260 e. The molecular weight excluding hydrogens is 237 g/mol. The molecule has 0 unspecified atom stereocenters. The van der Waals surface area contributed by atoms with Crippen molar-refractivity contribution in [2.45, 2.75) is 25.5 Å². The van der Waals surface area contributed by atoms with Crippen LogP contribution >= 0.6 is 0 Å². The van der Waals surface area contributed by atoms with Crippen LogP contribution in [0, 0.1) is 5.82 Å². The van der Waals surface area contributed by atoms with Gasteiger partial charge in [-0.2, -0.15) is 0 Å². The van der Waals surface area contributed by atoms with E-state index in [-0.39, 0.29) is 24.9 Å². The molecule has 0 atom stereocenters. The van der Waals surface area contributed by atoms with Crippen molar-refractivity contribution in [3.8, 4) is 5.75 Å². The molecule has 1 amide bonds.